The third kappa shape index (κ3) is 6.48. The second kappa shape index (κ2) is 12.0. The van der Waals surface area contributed by atoms with Crippen LogP contribution in [0.15, 0.2) is 47.3 Å². The maximum absolute atomic E-state index is 14.4. The van der Waals surface area contributed by atoms with E-state index in [9.17, 15) is 45.1 Å². The van der Waals surface area contributed by atoms with Crippen LogP contribution in [0.5, 0.6) is 0 Å². The first kappa shape index (κ1) is 32.2. The van der Waals surface area contributed by atoms with Gasteiger partial charge in [0.2, 0.25) is 5.91 Å². The molecule has 0 saturated carbocycles. The van der Waals surface area contributed by atoms with Crippen LogP contribution in [0, 0.1) is 11.7 Å². The number of hydrogen-bond acceptors (Lipinski definition) is 3. The highest BCUT2D eigenvalue weighted by molar-refractivity contribution is 6.00. The lowest BCUT2D eigenvalue weighted by atomic mass is 9.88. The van der Waals surface area contributed by atoms with E-state index in [-0.39, 0.29) is 68.2 Å². The van der Waals surface area contributed by atoms with Gasteiger partial charge in [-0.2, -0.15) is 26.3 Å². The van der Waals surface area contributed by atoms with Gasteiger partial charge in [0.05, 0.1) is 17.7 Å². The Morgan fingerprint density at radius 2 is 1.53 bits per heavy atom. The molecule has 1 atom stereocenters. The zero-order valence-electron chi connectivity index (χ0n) is 24.5. The van der Waals surface area contributed by atoms with Crippen molar-refractivity contribution in [1.29, 1.82) is 0 Å². The summed E-state index contributed by atoms with van der Waals surface area (Å²) in [5, 5.41) is 0. The molecule has 5 rings (SSSR count). The fourth-order valence-corrected chi connectivity index (χ4v) is 6.09. The fraction of sp³-hybridized carbons (Fsp3) is 0.406. The van der Waals surface area contributed by atoms with Gasteiger partial charge < -0.3 is 14.4 Å². The minimum Gasteiger partial charge on any atom is -0.338 e. The molecule has 1 unspecified atom stereocenters. The predicted octanol–water partition coefficient (Wildman–Crippen LogP) is 6.67. The lowest BCUT2D eigenvalue weighted by Gasteiger charge is -2.35. The Morgan fingerprint density at radius 3 is 2.11 bits per heavy atom. The lowest BCUT2D eigenvalue weighted by Crippen LogP contribution is -2.45. The Hall–Kier alpha value is -4.16. The third-order valence-corrected chi connectivity index (χ3v) is 8.33. The minimum atomic E-state index is -5.06. The van der Waals surface area contributed by atoms with E-state index in [1.54, 1.807) is 18.7 Å². The van der Waals surface area contributed by atoms with E-state index in [4.69, 9.17) is 0 Å². The number of nitrogens with zero attached hydrogens (tertiary/aromatic N) is 3. The number of fused-ring (bicyclic) bond motifs is 2. The average molecular weight is 638 g/mol. The van der Waals surface area contributed by atoms with Crippen molar-refractivity contribution in [3.63, 3.8) is 0 Å². The van der Waals surface area contributed by atoms with E-state index in [1.807, 2.05) is 0 Å². The molecule has 0 radical (unpaired) electrons. The number of alkyl halides is 6. The van der Waals surface area contributed by atoms with Crippen LogP contribution in [-0.2, 0) is 43.2 Å². The zero-order valence-corrected chi connectivity index (χ0v) is 24.5. The van der Waals surface area contributed by atoms with Gasteiger partial charge in [0, 0.05) is 43.7 Å². The molecule has 0 bridgehead atoms. The summed E-state index contributed by atoms with van der Waals surface area (Å²) in [7, 11) is 0. The zero-order chi connectivity index (χ0) is 32.8. The number of hydrogen-bond donors (Lipinski definition) is 0. The number of aromatic nitrogens is 1. The number of benzene rings is 2. The van der Waals surface area contributed by atoms with Crippen molar-refractivity contribution in [2.75, 3.05) is 13.1 Å². The highest BCUT2D eigenvalue weighted by atomic mass is 19.4. The van der Waals surface area contributed by atoms with Gasteiger partial charge in [-0.1, -0.05) is 26.0 Å². The predicted molar refractivity (Wildman–Crippen MR) is 150 cm³/mol. The quantitative estimate of drug-likeness (QED) is 0.301. The molecule has 240 valence electrons. The van der Waals surface area contributed by atoms with Crippen molar-refractivity contribution in [3.05, 3.63) is 92.1 Å². The molecular formula is C32H30F7N3O3. The molecule has 13 heteroatoms. The van der Waals surface area contributed by atoms with Gasteiger partial charge in [0.25, 0.3) is 11.5 Å². The number of amides is 2. The third-order valence-electron chi connectivity index (χ3n) is 8.33. The molecule has 6 nitrogen and oxygen atoms in total. The van der Waals surface area contributed by atoms with Gasteiger partial charge in [0.15, 0.2) is 0 Å². The standard InChI is InChI=1S/C32H30F7N3O3/c1-3-26(43)40-10-9-24-25(17-40)29(44)42-11-8-18(2)15-41(30(45)28(42)27(24)20-4-6-23(33)7-5-20)16-19-12-21(31(34,35)36)14-22(13-19)32(37,38)39/h4-7,12-14,18H,3,8-11,15-17H2,1-2H3. The molecule has 0 fully saturated rings. The Morgan fingerprint density at radius 1 is 0.911 bits per heavy atom. The highest BCUT2D eigenvalue weighted by Crippen LogP contribution is 2.38. The van der Waals surface area contributed by atoms with Gasteiger partial charge in [-0.25, -0.2) is 4.39 Å². The molecule has 2 aromatic carbocycles. The topological polar surface area (TPSA) is 62.6 Å². The van der Waals surface area contributed by atoms with Crippen LogP contribution in [-0.4, -0.2) is 39.3 Å². The van der Waals surface area contributed by atoms with Gasteiger partial charge in [-0.3, -0.25) is 14.4 Å². The normalized spacial score (nSPS) is 17.4. The maximum Gasteiger partial charge on any atom is 0.416 e. The second-order valence-electron chi connectivity index (χ2n) is 11.6. The Kier molecular flexibility index (Phi) is 8.58. The molecule has 45 heavy (non-hydrogen) atoms. The molecule has 0 spiro atoms. The van der Waals surface area contributed by atoms with E-state index in [1.165, 1.54) is 33.7 Å². The van der Waals surface area contributed by atoms with Crippen LogP contribution in [0.2, 0.25) is 0 Å². The molecular weight excluding hydrogens is 607 g/mol. The van der Waals surface area contributed by atoms with E-state index in [2.05, 4.69) is 0 Å². The molecule has 2 amide bonds. The smallest absolute Gasteiger partial charge is 0.338 e. The number of carbonyl (C=O) groups is 2. The summed E-state index contributed by atoms with van der Waals surface area (Å²) in [6.07, 6.45) is -9.32. The van der Waals surface area contributed by atoms with Gasteiger partial charge in [-0.15, -0.1) is 0 Å². The average Bonchev–Trinajstić information content (AvgIpc) is 2.98. The SMILES string of the molecule is CCC(=O)N1CCc2c(-c3ccc(F)cc3)c3n(c(=O)c2C1)CCC(C)CN(Cc1cc(C(F)(F)F)cc(C(F)(F)F)c1)C3=O. The number of halogens is 7. The van der Waals surface area contributed by atoms with Crippen LogP contribution in [0.3, 0.4) is 0 Å². The van der Waals surface area contributed by atoms with E-state index in [0.29, 0.717) is 40.8 Å². The molecule has 3 aromatic rings. The lowest BCUT2D eigenvalue weighted by molar-refractivity contribution is -0.143. The van der Waals surface area contributed by atoms with Crippen molar-refractivity contribution in [1.82, 2.24) is 14.4 Å². The Labute approximate surface area is 254 Å². The van der Waals surface area contributed by atoms with E-state index in [0.717, 1.165) is 0 Å². The molecule has 2 aliphatic rings. The van der Waals surface area contributed by atoms with E-state index < -0.39 is 47.3 Å². The van der Waals surface area contributed by atoms with Crippen molar-refractivity contribution < 1.29 is 40.3 Å². The summed E-state index contributed by atoms with van der Waals surface area (Å²) in [6, 6.07) is 6.48. The number of carbonyl (C=O) groups excluding carboxylic acids is 2. The Balaban J connectivity index is 1.70. The van der Waals surface area contributed by atoms with Crippen LogP contribution in [0.4, 0.5) is 30.7 Å². The van der Waals surface area contributed by atoms with Gasteiger partial charge in [0.1, 0.15) is 11.5 Å². The first-order valence-electron chi connectivity index (χ1n) is 14.5. The number of rotatable bonds is 4. The van der Waals surface area contributed by atoms with Crippen molar-refractivity contribution in [2.24, 2.45) is 5.92 Å². The monoisotopic (exact) mass is 637 g/mol. The first-order valence-corrected chi connectivity index (χ1v) is 14.5. The summed E-state index contributed by atoms with van der Waals surface area (Å²) in [5.74, 6) is -1.73. The first-order chi connectivity index (χ1) is 21.1. The second-order valence-corrected chi connectivity index (χ2v) is 11.6. The summed E-state index contributed by atoms with van der Waals surface area (Å²) < 4.78 is 96.9. The maximum atomic E-state index is 14.4. The number of pyridine rings is 1. The Bertz CT molecular complexity index is 1660. The largest absolute Gasteiger partial charge is 0.416 e. The molecule has 1 aromatic heterocycles. The fourth-order valence-electron chi connectivity index (χ4n) is 6.09. The summed E-state index contributed by atoms with van der Waals surface area (Å²) >= 11 is 0. The molecule has 0 N–H and O–H groups in total. The van der Waals surface area contributed by atoms with E-state index >= 15 is 0 Å². The summed E-state index contributed by atoms with van der Waals surface area (Å²) in [5.41, 5.74) is -2.39. The van der Waals surface area contributed by atoms with Crippen LogP contribution >= 0.6 is 0 Å². The molecule has 0 aliphatic carbocycles. The molecule has 2 aliphatic heterocycles. The van der Waals surface area contributed by atoms with Gasteiger partial charge in [-0.05, 0) is 65.8 Å². The van der Waals surface area contributed by atoms with Crippen molar-refractivity contribution in [2.45, 2.75) is 65.1 Å². The molecule has 3 heterocycles. The van der Waals surface area contributed by atoms with Gasteiger partial charge >= 0.3 is 12.4 Å². The van der Waals surface area contributed by atoms with Crippen LogP contribution in [0.25, 0.3) is 11.1 Å². The highest BCUT2D eigenvalue weighted by Gasteiger charge is 2.38. The van der Waals surface area contributed by atoms with Crippen LogP contribution < -0.4 is 5.56 Å². The summed E-state index contributed by atoms with van der Waals surface area (Å²) in [6.45, 7) is 3.27. The van der Waals surface area contributed by atoms with Crippen LogP contribution in [0.1, 0.15) is 65.0 Å². The van der Waals surface area contributed by atoms with Crippen molar-refractivity contribution in [3.8, 4) is 11.1 Å². The summed E-state index contributed by atoms with van der Waals surface area (Å²) in [4.78, 5) is 43.6. The van der Waals surface area contributed by atoms with Crippen molar-refractivity contribution >= 4 is 11.8 Å². The minimum absolute atomic E-state index is 0.00332. The molecule has 0 saturated heterocycles.